The van der Waals surface area contributed by atoms with Crippen LogP contribution in [0.4, 0.5) is 4.79 Å². The third-order valence-corrected chi connectivity index (χ3v) is 2.98. The van der Waals surface area contributed by atoms with E-state index in [1.807, 2.05) is 27.8 Å². The molecule has 6 nitrogen and oxygen atoms in total. The van der Waals surface area contributed by atoms with Crippen molar-refractivity contribution in [3.05, 3.63) is 0 Å². The van der Waals surface area contributed by atoms with E-state index >= 15 is 0 Å². The van der Waals surface area contributed by atoms with E-state index in [1.54, 1.807) is 0 Å². The van der Waals surface area contributed by atoms with Crippen molar-refractivity contribution in [3.63, 3.8) is 0 Å². The lowest BCUT2D eigenvalue weighted by Crippen LogP contribution is -2.43. The second-order valence-corrected chi connectivity index (χ2v) is 6.01. The molecule has 0 unspecified atom stereocenters. The Morgan fingerprint density at radius 2 is 1.95 bits per heavy atom. The van der Waals surface area contributed by atoms with Gasteiger partial charge >= 0.3 is 12.1 Å². The molecule has 0 aromatic carbocycles. The van der Waals surface area contributed by atoms with Gasteiger partial charge in [-0.2, -0.15) is 0 Å². The summed E-state index contributed by atoms with van der Waals surface area (Å²) >= 11 is 0. The monoisotopic (exact) mass is 272 g/mol. The predicted molar refractivity (Wildman–Crippen MR) is 70.8 cm³/mol. The highest BCUT2D eigenvalue weighted by molar-refractivity contribution is 5.70. The molecule has 0 aromatic rings. The number of ether oxygens (including phenoxy) is 2. The minimum absolute atomic E-state index is 0.0602. The van der Waals surface area contributed by atoms with E-state index in [0.29, 0.717) is 13.0 Å². The number of methoxy groups -OCH3 is 1. The molecule has 0 spiro atoms. The van der Waals surface area contributed by atoms with Gasteiger partial charge in [-0.05, 0) is 27.8 Å². The molecule has 0 aliphatic carbocycles. The summed E-state index contributed by atoms with van der Waals surface area (Å²) < 4.78 is 9.91. The molecular formula is C13H24N2O4. The van der Waals surface area contributed by atoms with Crippen LogP contribution in [0.5, 0.6) is 0 Å². The second kappa shape index (κ2) is 6.23. The molecule has 0 saturated carbocycles. The Kier molecular flexibility index (Phi) is 5.17. The zero-order chi connectivity index (χ0) is 14.6. The van der Waals surface area contributed by atoms with E-state index in [2.05, 4.69) is 15.0 Å². The average Bonchev–Trinajstić information content (AvgIpc) is 2.55. The maximum absolute atomic E-state index is 11.8. The molecule has 1 aliphatic heterocycles. The molecule has 6 heteroatoms. The van der Waals surface area contributed by atoms with Gasteiger partial charge in [0.15, 0.2) is 0 Å². The van der Waals surface area contributed by atoms with Gasteiger partial charge in [0, 0.05) is 25.0 Å². The molecule has 2 atom stereocenters. The van der Waals surface area contributed by atoms with Gasteiger partial charge in [-0.1, -0.05) is 0 Å². The number of carbonyl (C=O) groups excluding carboxylic acids is 2. The van der Waals surface area contributed by atoms with Gasteiger partial charge in [0.2, 0.25) is 0 Å². The summed E-state index contributed by atoms with van der Waals surface area (Å²) in [5.41, 5.74) is -0.521. The van der Waals surface area contributed by atoms with Crippen LogP contribution in [-0.4, -0.2) is 55.9 Å². The van der Waals surface area contributed by atoms with Crippen molar-refractivity contribution in [2.75, 3.05) is 27.2 Å². The minimum atomic E-state index is -0.521. The van der Waals surface area contributed by atoms with Crippen LogP contribution in [0.1, 0.15) is 27.2 Å². The maximum Gasteiger partial charge on any atom is 0.407 e. The Hall–Kier alpha value is -1.30. The maximum atomic E-state index is 11.8. The SMILES string of the molecule is COC(=O)C[C@H]1CN(C)C[C@H]1NC(=O)OC(C)(C)C. The van der Waals surface area contributed by atoms with Crippen molar-refractivity contribution < 1.29 is 19.1 Å². The third kappa shape index (κ3) is 5.46. The topological polar surface area (TPSA) is 67.9 Å². The van der Waals surface area contributed by atoms with Crippen molar-refractivity contribution in [2.45, 2.75) is 38.8 Å². The highest BCUT2D eigenvalue weighted by Gasteiger charge is 2.34. The first-order valence-electron chi connectivity index (χ1n) is 6.46. The summed E-state index contributed by atoms with van der Waals surface area (Å²) in [5.74, 6) is -0.193. The van der Waals surface area contributed by atoms with Crippen LogP contribution >= 0.6 is 0 Å². The van der Waals surface area contributed by atoms with Gasteiger partial charge < -0.3 is 19.7 Å². The fraction of sp³-hybridized carbons (Fsp3) is 0.846. The zero-order valence-corrected chi connectivity index (χ0v) is 12.4. The van der Waals surface area contributed by atoms with Crippen LogP contribution in [0.2, 0.25) is 0 Å². The number of likely N-dealkylation sites (N-methyl/N-ethyl adjacent to an activating group) is 1. The summed E-state index contributed by atoms with van der Waals surface area (Å²) in [5, 5.41) is 2.83. The molecule has 0 radical (unpaired) electrons. The van der Waals surface area contributed by atoms with Crippen molar-refractivity contribution in [1.82, 2.24) is 10.2 Å². The summed E-state index contributed by atoms with van der Waals surface area (Å²) in [4.78, 5) is 25.2. The second-order valence-electron chi connectivity index (χ2n) is 6.01. The van der Waals surface area contributed by atoms with Crippen LogP contribution < -0.4 is 5.32 Å². The number of hydrogen-bond donors (Lipinski definition) is 1. The number of amides is 1. The van der Waals surface area contributed by atoms with Crippen LogP contribution in [0.15, 0.2) is 0 Å². The van der Waals surface area contributed by atoms with Crippen molar-refractivity contribution in [1.29, 1.82) is 0 Å². The van der Waals surface area contributed by atoms with Gasteiger partial charge in [0.1, 0.15) is 5.60 Å². The van der Waals surface area contributed by atoms with Crippen molar-refractivity contribution in [3.8, 4) is 0 Å². The predicted octanol–water partition coefficient (Wildman–Crippen LogP) is 1.00. The molecule has 1 rings (SSSR count). The first kappa shape index (κ1) is 15.8. The van der Waals surface area contributed by atoms with Gasteiger partial charge in [0.05, 0.1) is 13.5 Å². The van der Waals surface area contributed by atoms with Crippen LogP contribution in [0, 0.1) is 5.92 Å². The van der Waals surface area contributed by atoms with E-state index < -0.39 is 11.7 Å². The van der Waals surface area contributed by atoms with Gasteiger partial charge in [-0.3, -0.25) is 4.79 Å². The van der Waals surface area contributed by atoms with Gasteiger partial charge in [-0.25, -0.2) is 4.79 Å². The lowest BCUT2D eigenvalue weighted by Gasteiger charge is -2.23. The molecule has 1 heterocycles. The smallest absolute Gasteiger partial charge is 0.407 e. The number of nitrogens with zero attached hydrogens (tertiary/aromatic N) is 1. The summed E-state index contributed by atoms with van der Waals surface area (Å²) in [6.45, 7) is 6.92. The normalized spacial score (nSPS) is 24.1. The zero-order valence-electron chi connectivity index (χ0n) is 12.4. The van der Waals surface area contributed by atoms with Crippen LogP contribution in [-0.2, 0) is 14.3 Å². The summed E-state index contributed by atoms with van der Waals surface area (Å²) in [7, 11) is 3.33. The highest BCUT2D eigenvalue weighted by atomic mass is 16.6. The lowest BCUT2D eigenvalue weighted by molar-refractivity contribution is -0.141. The average molecular weight is 272 g/mol. The van der Waals surface area contributed by atoms with Crippen LogP contribution in [0.3, 0.4) is 0 Å². The number of alkyl carbamates (subject to hydrolysis) is 1. The Balaban J connectivity index is 2.54. The Morgan fingerprint density at radius 3 is 2.47 bits per heavy atom. The summed E-state index contributed by atoms with van der Waals surface area (Å²) in [6.07, 6.45) is -0.135. The lowest BCUT2D eigenvalue weighted by atomic mass is 10.00. The number of hydrogen-bond acceptors (Lipinski definition) is 5. The Morgan fingerprint density at radius 1 is 1.32 bits per heavy atom. The quantitative estimate of drug-likeness (QED) is 0.776. The first-order valence-corrected chi connectivity index (χ1v) is 6.46. The van der Waals surface area contributed by atoms with E-state index in [0.717, 1.165) is 6.54 Å². The van der Waals surface area contributed by atoms with Crippen molar-refractivity contribution in [2.24, 2.45) is 5.92 Å². The molecule has 1 saturated heterocycles. The molecule has 110 valence electrons. The molecule has 1 fully saturated rings. The van der Waals surface area contributed by atoms with E-state index in [4.69, 9.17) is 4.74 Å². The van der Waals surface area contributed by atoms with Gasteiger partial charge in [-0.15, -0.1) is 0 Å². The summed E-state index contributed by atoms with van der Waals surface area (Å²) in [6, 6.07) is -0.0843. The molecule has 1 amide bonds. The minimum Gasteiger partial charge on any atom is -0.469 e. The number of carbonyl (C=O) groups is 2. The third-order valence-electron chi connectivity index (χ3n) is 2.98. The number of esters is 1. The number of likely N-dealkylation sites (tertiary alicyclic amines) is 1. The number of nitrogens with one attached hydrogen (secondary N) is 1. The highest BCUT2D eigenvalue weighted by Crippen LogP contribution is 2.20. The molecule has 0 aromatic heterocycles. The fourth-order valence-corrected chi connectivity index (χ4v) is 2.21. The van der Waals surface area contributed by atoms with E-state index in [1.165, 1.54) is 7.11 Å². The molecule has 1 N–H and O–H groups in total. The molecular weight excluding hydrogens is 248 g/mol. The Labute approximate surface area is 114 Å². The largest absolute Gasteiger partial charge is 0.469 e. The number of rotatable bonds is 3. The van der Waals surface area contributed by atoms with Crippen LogP contribution in [0.25, 0.3) is 0 Å². The first-order chi connectivity index (χ1) is 8.71. The van der Waals surface area contributed by atoms with Gasteiger partial charge in [0.25, 0.3) is 0 Å². The molecule has 1 aliphatic rings. The fourth-order valence-electron chi connectivity index (χ4n) is 2.21. The molecule has 0 bridgehead atoms. The van der Waals surface area contributed by atoms with Crippen molar-refractivity contribution >= 4 is 12.1 Å². The molecule has 19 heavy (non-hydrogen) atoms. The standard InChI is InChI=1S/C13H24N2O4/c1-13(2,3)19-12(17)14-10-8-15(4)7-9(10)6-11(16)18-5/h9-10H,6-8H2,1-5H3,(H,14,17)/t9-,10+/m0/s1. The Bertz CT molecular complexity index is 338. The van der Waals surface area contributed by atoms with E-state index in [9.17, 15) is 9.59 Å². The van der Waals surface area contributed by atoms with E-state index in [-0.39, 0.29) is 17.9 Å².